The van der Waals surface area contributed by atoms with Gasteiger partial charge in [-0.3, -0.25) is 4.90 Å². The molecule has 1 heterocycles. The van der Waals surface area contributed by atoms with Crippen LogP contribution >= 0.6 is 0 Å². The number of rotatable bonds is 3. The van der Waals surface area contributed by atoms with Gasteiger partial charge in [0, 0.05) is 18.7 Å². The van der Waals surface area contributed by atoms with Crippen LogP contribution in [-0.2, 0) is 6.54 Å². The van der Waals surface area contributed by atoms with Crippen molar-refractivity contribution in [3.63, 3.8) is 0 Å². The van der Waals surface area contributed by atoms with Crippen molar-refractivity contribution in [2.45, 2.75) is 26.3 Å². The monoisotopic (exact) mass is 247 g/mol. The molecule has 1 aromatic rings. The molecule has 1 aromatic carbocycles. The molecule has 98 valence electrons. The topological polar surface area (TPSA) is 61.8 Å². The smallest absolute Gasteiger partial charge is 0.170 e. The minimum Gasteiger partial charge on any atom is -0.409 e. The van der Waals surface area contributed by atoms with Crippen LogP contribution in [0, 0.1) is 5.92 Å². The number of hydrogen-bond acceptors (Lipinski definition) is 3. The number of nitrogens with two attached hydrogens (primary N) is 1. The highest BCUT2D eigenvalue weighted by Crippen LogP contribution is 2.18. The normalized spacial score (nSPS) is 22.1. The lowest BCUT2D eigenvalue weighted by Gasteiger charge is -2.30. The van der Waals surface area contributed by atoms with Crippen molar-refractivity contribution >= 4 is 5.84 Å². The zero-order valence-corrected chi connectivity index (χ0v) is 10.8. The van der Waals surface area contributed by atoms with E-state index in [1.165, 1.54) is 18.4 Å². The molecule has 1 atom stereocenters. The van der Waals surface area contributed by atoms with E-state index in [9.17, 15) is 0 Å². The standard InChI is InChI=1S/C14H21N3O/c1-11-4-3-7-17(9-11)10-12-5-2-6-13(8-12)14(15)16-18/h2,5-6,8,11,18H,3-4,7,9-10H2,1H3,(H2,15,16). The van der Waals surface area contributed by atoms with Crippen molar-refractivity contribution in [2.24, 2.45) is 16.8 Å². The van der Waals surface area contributed by atoms with Gasteiger partial charge in [0.2, 0.25) is 0 Å². The fourth-order valence-electron chi connectivity index (χ4n) is 2.58. The molecule has 1 aliphatic rings. The summed E-state index contributed by atoms with van der Waals surface area (Å²) in [5.41, 5.74) is 7.60. The van der Waals surface area contributed by atoms with Crippen LogP contribution in [-0.4, -0.2) is 29.0 Å². The number of likely N-dealkylation sites (tertiary alicyclic amines) is 1. The molecule has 3 N–H and O–H groups in total. The summed E-state index contributed by atoms with van der Waals surface area (Å²) in [5.74, 6) is 0.954. The van der Waals surface area contributed by atoms with E-state index in [0.29, 0.717) is 0 Å². The molecule has 0 saturated carbocycles. The van der Waals surface area contributed by atoms with Gasteiger partial charge in [0.15, 0.2) is 5.84 Å². The SMILES string of the molecule is CC1CCCN(Cc2cccc(/C(N)=N/O)c2)C1. The van der Waals surface area contributed by atoms with Gasteiger partial charge in [-0.15, -0.1) is 0 Å². The van der Waals surface area contributed by atoms with Crippen molar-refractivity contribution in [2.75, 3.05) is 13.1 Å². The fraction of sp³-hybridized carbons (Fsp3) is 0.500. The zero-order chi connectivity index (χ0) is 13.0. The van der Waals surface area contributed by atoms with Crippen molar-refractivity contribution in [3.05, 3.63) is 35.4 Å². The Kier molecular flexibility index (Phi) is 4.20. The summed E-state index contributed by atoms with van der Waals surface area (Å²) in [6.07, 6.45) is 2.61. The van der Waals surface area contributed by atoms with Gasteiger partial charge in [0.05, 0.1) is 0 Å². The van der Waals surface area contributed by atoms with Crippen LogP contribution in [0.2, 0.25) is 0 Å². The van der Waals surface area contributed by atoms with Gasteiger partial charge in [0.1, 0.15) is 0 Å². The summed E-state index contributed by atoms with van der Waals surface area (Å²) in [5, 5.41) is 11.7. The van der Waals surface area contributed by atoms with Crippen LogP contribution < -0.4 is 5.73 Å². The van der Waals surface area contributed by atoms with Gasteiger partial charge in [-0.2, -0.15) is 0 Å². The second kappa shape index (κ2) is 5.87. The predicted molar refractivity (Wildman–Crippen MR) is 72.6 cm³/mol. The maximum atomic E-state index is 8.69. The van der Waals surface area contributed by atoms with Crippen molar-refractivity contribution in [3.8, 4) is 0 Å². The molecule has 1 saturated heterocycles. The van der Waals surface area contributed by atoms with Crippen molar-refractivity contribution < 1.29 is 5.21 Å². The lowest BCUT2D eigenvalue weighted by atomic mass is 9.99. The molecule has 0 aromatic heterocycles. The van der Waals surface area contributed by atoms with Gasteiger partial charge < -0.3 is 10.9 Å². The number of oxime groups is 1. The third kappa shape index (κ3) is 3.23. The Hall–Kier alpha value is -1.55. The number of hydrogen-bond donors (Lipinski definition) is 2. The first-order valence-corrected chi connectivity index (χ1v) is 6.48. The number of piperidine rings is 1. The molecule has 1 fully saturated rings. The molecule has 4 heteroatoms. The summed E-state index contributed by atoms with van der Waals surface area (Å²) < 4.78 is 0. The maximum Gasteiger partial charge on any atom is 0.170 e. The van der Waals surface area contributed by atoms with Crippen LogP contribution in [0.1, 0.15) is 30.9 Å². The average Bonchev–Trinajstić information content (AvgIpc) is 2.38. The van der Waals surface area contributed by atoms with E-state index in [1.807, 2.05) is 18.2 Å². The minimum absolute atomic E-state index is 0.170. The zero-order valence-electron chi connectivity index (χ0n) is 10.8. The first kappa shape index (κ1) is 12.9. The van der Waals surface area contributed by atoms with E-state index in [4.69, 9.17) is 10.9 Å². The van der Waals surface area contributed by atoms with Gasteiger partial charge >= 0.3 is 0 Å². The molecule has 18 heavy (non-hydrogen) atoms. The molecule has 1 aliphatic heterocycles. The Labute approximate surface area is 108 Å². The molecule has 0 aliphatic carbocycles. The molecule has 0 bridgehead atoms. The largest absolute Gasteiger partial charge is 0.409 e. The molecule has 0 spiro atoms. The Bertz CT molecular complexity index is 431. The van der Waals surface area contributed by atoms with Crippen LogP contribution in [0.5, 0.6) is 0 Å². The summed E-state index contributed by atoms with van der Waals surface area (Å²) in [7, 11) is 0. The minimum atomic E-state index is 0.170. The van der Waals surface area contributed by atoms with Crippen LogP contribution in [0.15, 0.2) is 29.4 Å². The van der Waals surface area contributed by atoms with Crippen molar-refractivity contribution in [1.29, 1.82) is 0 Å². The number of amidine groups is 1. The lowest BCUT2D eigenvalue weighted by molar-refractivity contribution is 0.176. The van der Waals surface area contributed by atoms with Gasteiger partial charge in [0.25, 0.3) is 0 Å². The Balaban J connectivity index is 2.05. The number of benzene rings is 1. The molecule has 4 nitrogen and oxygen atoms in total. The summed E-state index contributed by atoms with van der Waals surface area (Å²) >= 11 is 0. The van der Waals surface area contributed by atoms with E-state index in [0.717, 1.165) is 31.1 Å². The van der Waals surface area contributed by atoms with E-state index in [2.05, 4.69) is 23.0 Å². The van der Waals surface area contributed by atoms with Gasteiger partial charge in [-0.05, 0) is 36.9 Å². The third-order valence-corrected chi connectivity index (χ3v) is 3.48. The summed E-state index contributed by atoms with van der Waals surface area (Å²) in [4.78, 5) is 2.47. The van der Waals surface area contributed by atoms with Crippen LogP contribution in [0.3, 0.4) is 0 Å². The van der Waals surface area contributed by atoms with Gasteiger partial charge in [-0.25, -0.2) is 0 Å². The summed E-state index contributed by atoms with van der Waals surface area (Å²) in [6, 6.07) is 7.90. The number of nitrogens with zero attached hydrogens (tertiary/aromatic N) is 2. The van der Waals surface area contributed by atoms with E-state index in [-0.39, 0.29) is 5.84 Å². The van der Waals surface area contributed by atoms with Crippen molar-refractivity contribution in [1.82, 2.24) is 4.90 Å². The second-order valence-corrected chi connectivity index (χ2v) is 5.17. The molecule has 2 rings (SSSR count). The first-order chi connectivity index (χ1) is 8.69. The lowest BCUT2D eigenvalue weighted by Crippen LogP contribution is -2.33. The predicted octanol–water partition coefficient (Wildman–Crippen LogP) is 2.01. The van der Waals surface area contributed by atoms with E-state index in [1.54, 1.807) is 0 Å². The van der Waals surface area contributed by atoms with E-state index < -0.39 is 0 Å². The first-order valence-electron chi connectivity index (χ1n) is 6.48. The molecule has 0 radical (unpaired) electrons. The van der Waals surface area contributed by atoms with Crippen LogP contribution in [0.25, 0.3) is 0 Å². The fourth-order valence-corrected chi connectivity index (χ4v) is 2.58. The summed E-state index contributed by atoms with van der Waals surface area (Å²) in [6.45, 7) is 5.57. The Morgan fingerprint density at radius 2 is 2.39 bits per heavy atom. The Morgan fingerprint density at radius 3 is 3.11 bits per heavy atom. The highest BCUT2D eigenvalue weighted by Gasteiger charge is 2.16. The third-order valence-electron chi connectivity index (χ3n) is 3.48. The second-order valence-electron chi connectivity index (χ2n) is 5.17. The van der Waals surface area contributed by atoms with E-state index >= 15 is 0 Å². The van der Waals surface area contributed by atoms with Gasteiger partial charge in [-0.1, -0.05) is 30.3 Å². The Morgan fingerprint density at radius 1 is 1.56 bits per heavy atom. The maximum absolute atomic E-state index is 8.69. The van der Waals surface area contributed by atoms with Crippen LogP contribution in [0.4, 0.5) is 0 Å². The average molecular weight is 247 g/mol. The highest BCUT2D eigenvalue weighted by atomic mass is 16.4. The molecule has 0 amide bonds. The molecule has 1 unspecified atom stereocenters. The molecular formula is C14H21N3O. The highest BCUT2D eigenvalue weighted by molar-refractivity contribution is 5.97. The quantitative estimate of drug-likeness (QED) is 0.372. The molecular weight excluding hydrogens is 226 g/mol.